The molecule has 0 atom stereocenters. The number of carbonyl (C=O) groups is 1. The monoisotopic (exact) mass is 207 g/mol. The van der Waals surface area contributed by atoms with Crippen molar-refractivity contribution in [1.82, 2.24) is 4.72 Å². The van der Waals surface area contributed by atoms with Gasteiger partial charge >= 0.3 is 0 Å². The first-order valence-electron chi connectivity index (χ1n) is 4.13. The Bertz CT molecular complexity index is 274. The minimum absolute atomic E-state index is 0.0748. The van der Waals surface area contributed by atoms with Crippen LogP contribution in [0.5, 0.6) is 0 Å². The van der Waals surface area contributed by atoms with Gasteiger partial charge in [0, 0.05) is 12.0 Å². The van der Waals surface area contributed by atoms with E-state index < -0.39 is 15.6 Å². The topological polar surface area (TPSA) is 63.2 Å². The van der Waals surface area contributed by atoms with Crippen molar-refractivity contribution in [3.8, 4) is 0 Å². The minimum atomic E-state index is -3.31. The van der Waals surface area contributed by atoms with Crippen molar-refractivity contribution in [2.24, 2.45) is 0 Å². The second-order valence-electron chi connectivity index (χ2n) is 4.12. The molecule has 0 saturated carbocycles. The van der Waals surface area contributed by atoms with Crippen LogP contribution < -0.4 is 4.72 Å². The molecule has 0 radical (unpaired) electrons. The van der Waals surface area contributed by atoms with E-state index in [2.05, 4.69) is 4.72 Å². The molecule has 5 heteroatoms. The van der Waals surface area contributed by atoms with Gasteiger partial charge in [-0.1, -0.05) is 0 Å². The van der Waals surface area contributed by atoms with Crippen LogP contribution in [0, 0.1) is 0 Å². The molecular weight excluding hydrogens is 190 g/mol. The third-order valence-corrected chi connectivity index (χ3v) is 2.85. The quantitative estimate of drug-likeness (QED) is 0.737. The van der Waals surface area contributed by atoms with Crippen molar-refractivity contribution in [3.05, 3.63) is 0 Å². The van der Waals surface area contributed by atoms with Crippen molar-refractivity contribution in [2.45, 2.75) is 39.7 Å². The highest BCUT2D eigenvalue weighted by Crippen LogP contribution is 2.03. The molecule has 0 aliphatic rings. The largest absolute Gasteiger partial charge is 0.300 e. The summed E-state index contributed by atoms with van der Waals surface area (Å²) in [5.41, 5.74) is -0.477. The maximum absolute atomic E-state index is 11.3. The lowest BCUT2D eigenvalue weighted by molar-refractivity contribution is -0.116. The SMILES string of the molecule is CC(=O)CCS(=O)(=O)NC(C)(C)C. The van der Waals surface area contributed by atoms with E-state index in [0.29, 0.717) is 0 Å². The number of hydrogen-bond donors (Lipinski definition) is 1. The maximum atomic E-state index is 11.3. The summed E-state index contributed by atoms with van der Waals surface area (Å²) < 4.78 is 25.0. The van der Waals surface area contributed by atoms with Crippen molar-refractivity contribution < 1.29 is 13.2 Å². The zero-order chi connectivity index (χ0) is 10.7. The van der Waals surface area contributed by atoms with Crippen LogP contribution in [0.15, 0.2) is 0 Å². The average molecular weight is 207 g/mol. The number of nitrogens with one attached hydrogen (secondary N) is 1. The Labute approximate surface area is 79.8 Å². The number of carbonyl (C=O) groups excluding carboxylic acids is 1. The first-order valence-corrected chi connectivity index (χ1v) is 5.79. The normalized spacial score (nSPS) is 12.9. The summed E-state index contributed by atoms with van der Waals surface area (Å²) in [4.78, 5) is 10.6. The molecule has 0 aromatic rings. The van der Waals surface area contributed by atoms with Crippen LogP contribution in [0.4, 0.5) is 0 Å². The highest BCUT2D eigenvalue weighted by Gasteiger charge is 2.19. The van der Waals surface area contributed by atoms with E-state index in [1.807, 2.05) is 0 Å². The number of rotatable bonds is 4. The van der Waals surface area contributed by atoms with Crippen LogP contribution in [0.25, 0.3) is 0 Å². The van der Waals surface area contributed by atoms with Gasteiger partial charge in [-0.15, -0.1) is 0 Å². The molecule has 0 fully saturated rings. The molecule has 0 amide bonds. The highest BCUT2D eigenvalue weighted by molar-refractivity contribution is 7.89. The van der Waals surface area contributed by atoms with Gasteiger partial charge in [0.15, 0.2) is 0 Å². The van der Waals surface area contributed by atoms with Gasteiger partial charge in [-0.05, 0) is 27.7 Å². The Morgan fingerprint density at radius 3 is 2.08 bits per heavy atom. The number of ketones is 1. The van der Waals surface area contributed by atoms with E-state index in [1.54, 1.807) is 20.8 Å². The van der Waals surface area contributed by atoms with Gasteiger partial charge in [-0.2, -0.15) is 0 Å². The van der Waals surface area contributed by atoms with E-state index in [9.17, 15) is 13.2 Å². The number of Topliss-reactive ketones (excluding diaryl/α,β-unsaturated/α-hetero) is 1. The van der Waals surface area contributed by atoms with Crippen molar-refractivity contribution in [1.29, 1.82) is 0 Å². The molecule has 0 aliphatic carbocycles. The predicted octanol–water partition coefficient (Wildman–Crippen LogP) is 0.683. The summed E-state index contributed by atoms with van der Waals surface area (Å²) >= 11 is 0. The van der Waals surface area contributed by atoms with Crippen LogP contribution in [-0.2, 0) is 14.8 Å². The minimum Gasteiger partial charge on any atom is -0.300 e. The molecule has 4 nitrogen and oxygen atoms in total. The fourth-order valence-electron chi connectivity index (χ4n) is 0.796. The van der Waals surface area contributed by atoms with Crippen LogP contribution in [0.3, 0.4) is 0 Å². The van der Waals surface area contributed by atoms with Crippen LogP contribution in [-0.4, -0.2) is 25.5 Å². The Hall–Kier alpha value is -0.420. The van der Waals surface area contributed by atoms with E-state index in [0.717, 1.165) is 0 Å². The molecular formula is C8H17NO3S. The molecule has 0 unspecified atom stereocenters. The summed E-state index contributed by atoms with van der Waals surface area (Å²) in [6.45, 7) is 6.67. The molecule has 0 saturated heterocycles. The van der Waals surface area contributed by atoms with Crippen LogP contribution in [0.1, 0.15) is 34.1 Å². The molecule has 0 bridgehead atoms. The molecule has 0 rings (SSSR count). The van der Waals surface area contributed by atoms with E-state index in [4.69, 9.17) is 0 Å². The Balaban J connectivity index is 4.19. The number of sulfonamides is 1. The third kappa shape index (κ3) is 7.93. The zero-order valence-corrected chi connectivity index (χ0v) is 9.36. The van der Waals surface area contributed by atoms with Gasteiger partial charge in [0.25, 0.3) is 0 Å². The fraction of sp³-hybridized carbons (Fsp3) is 0.875. The lowest BCUT2D eigenvalue weighted by Crippen LogP contribution is -2.41. The van der Waals surface area contributed by atoms with Gasteiger partial charge in [0.05, 0.1) is 5.75 Å². The van der Waals surface area contributed by atoms with Crippen molar-refractivity contribution in [3.63, 3.8) is 0 Å². The van der Waals surface area contributed by atoms with Gasteiger partial charge < -0.3 is 0 Å². The summed E-state index contributed by atoms with van der Waals surface area (Å²) in [6.07, 6.45) is 0.0748. The smallest absolute Gasteiger partial charge is 0.212 e. The molecule has 0 spiro atoms. The van der Waals surface area contributed by atoms with Crippen LogP contribution >= 0.6 is 0 Å². The van der Waals surface area contributed by atoms with Crippen molar-refractivity contribution >= 4 is 15.8 Å². The molecule has 0 heterocycles. The van der Waals surface area contributed by atoms with Gasteiger partial charge in [-0.3, -0.25) is 4.79 Å². The van der Waals surface area contributed by atoms with E-state index in [-0.39, 0.29) is 18.0 Å². The molecule has 78 valence electrons. The fourth-order valence-corrected chi connectivity index (χ4v) is 2.39. The zero-order valence-electron chi connectivity index (χ0n) is 8.55. The summed E-state index contributed by atoms with van der Waals surface area (Å²) in [6, 6.07) is 0. The lowest BCUT2D eigenvalue weighted by Gasteiger charge is -2.19. The second kappa shape index (κ2) is 4.19. The van der Waals surface area contributed by atoms with Gasteiger partial charge in [0.1, 0.15) is 5.78 Å². The maximum Gasteiger partial charge on any atom is 0.212 e. The number of hydrogen-bond acceptors (Lipinski definition) is 3. The Morgan fingerprint density at radius 2 is 1.77 bits per heavy atom. The lowest BCUT2D eigenvalue weighted by atomic mass is 10.1. The summed E-state index contributed by atoms with van der Waals surface area (Å²) in [5, 5.41) is 0. The van der Waals surface area contributed by atoms with Crippen molar-refractivity contribution in [2.75, 3.05) is 5.75 Å². The van der Waals surface area contributed by atoms with E-state index >= 15 is 0 Å². The predicted molar refractivity (Wildman–Crippen MR) is 52.0 cm³/mol. The van der Waals surface area contributed by atoms with Crippen LogP contribution in [0.2, 0.25) is 0 Å². The Morgan fingerprint density at radius 1 is 1.31 bits per heavy atom. The highest BCUT2D eigenvalue weighted by atomic mass is 32.2. The molecule has 13 heavy (non-hydrogen) atoms. The average Bonchev–Trinajstić information content (AvgIpc) is 1.78. The van der Waals surface area contributed by atoms with Gasteiger partial charge in [0.2, 0.25) is 10.0 Å². The van der Waals surface area contributed by atoms with Gasteiger partial charge in [-0.25, -0.2) is 13.1 Å². The molecule has 0 aromatic carbocycles. The summed E-state index contributed by atoms with van der Waals surface area (Å²) in [5.74, 6) is -0.237. The molecule has 0 aliphatic heterocycles. The molecule has 0 aromatic heterocycles. The molecule has 1 N–H and O–H groups in total. The third-order valence-electron chi connectivity index (χ3n) is 1.18. The summed E-state index contributed by atoms with van der Waals surface area (Å²) in [7, 11) is -3.31. The standard InChI is InChI=1S/C8H17NO3S/c1-7(10)5-6-13(11,12)9-8(2,3)4/h9H,5-6H2,1-4H3. The first-order chi connectivity index (χ1) is 5.62. The second-order valence-corrected chi connectivity index (χ2v) is 5.96. The van der Waals surface area contributed by atoms with E-state index in [1.165, 1.54) is 6.92 Å². The first kappa shape index (κ1) is 12.6. The Kier molecular flexibility index (Phi) is 4.06.